The van der Waals surface area contributed by atoms with E-state index in [4.69, 9.17) is 16.3 Å². The number of rotatable bonds is 11. The zero-order chi connectivity index (χ0) is 25.2. The third kappa shape index (κ3) is 7.86. The molecule has 1 atom stereocenters. The Kier molecular flexibility index (Phi) is 9.74. The van der Waals surface area contributed by atoms with E-state index in [0.29, 0.717) is 23.7 Å². The number of nitrogens with one attached hydrogen (secondary N) is 1. The summed E-state index contributed by atoms with van der Waals surface area (Å²) in [6.45, 7) is 6.69. The standard InChI is InChI=1S/C29H33ClN2O3/c1-4-16-31-29(34)27(18-23-8-6-5-7-9-23)32(19-24-11-13-25(30)14-12-24)28(33)20-35-26-15-10-21(2)22(3)17-26/h5-15,17,27H,4,16,18-20H2,1-3H3,(H,31,34)/t27-/m1/s1. The molecule has 2 amide bonds. The van der Waals surface area contributed by atoms with Gasteiger partial charge in [0.1, 0.15) is 11.8 Å². The van der Waals surface area contributed by atoms with Gasteiger partial charge in [-0.1, -0.05) is 67.1 Å². The van der Waals surface area contributed by atoms with E-state index in [9.17, 15) is 9.59 Å². The summed E-state index contributed by atoms with van der Waals surface area (Å²) in [7, 11) is 0. The summed E-state index contributed by atoms with van der Waals surface area (Å²) < 4.78 is 5.86. The number of amides is 2. The Morgan fingerprint density at radius 3 is 2.31 bits per heavy atom. The number of halogens is 1. The molecule has 0 aliphatic heterocycles. The molecular weight excluding hydrogens is 460 g/mol. The molecule has 0 radical (unpaired) electrons. The van der Waals surface area contributed by atoms with Crippen LogP contribution in [0.25, 0.3) is 0 Å². The fraction of sp³-hybridized carbons (Fsp3) is 0.310. The van der Waals surface area contributed by atoms with E-state index in [0.717, 1.165) is 28.7 Å². The highest BCUT2D eigenvalue weighted by Gasteiger charge is 2.30. The Morgan fingerprint density at radius 1 is 0.943 bits per heavy atom. The lowest BCUT2D eigenvalue weighted by atomic mass is 10.0. The van der Waals surface area contributed by atoms with Crippen LogP contribution in [0.1, 0.15) is 35.6 Å². The highest BCUT2D eigenvalue weighted by atomic mass is 35.5. The second-order valence-electron chi connectivity index (χ2n) is 8.68. The number of benzene rings is 3. The van der Waals surface area contributed by atoms with Gasteiger partial charge in [-0.15, -0.1) is 0 Å². The Bertz CT molecular complexity index is 1120. The number of carbonyl (C=O) groups excluding carboxylic acids is 2. The van der Waals surface area contributed by atoms with Crippen LogP contribution in [0.5, 0.6) is 5.75 Å². The molecule has 0 fully saturated rings. The van der Waals surface area contributed by atoms with Crippen molar-refractivity contribution in [1.29, 1.82) is 0 Å². The van der Waals surface area contributed by atoms with Crippen molar-refractivity contribution in [2.24, 2.45) is 0 Å². The Balaban J connectivity index is 1.88. The molecule has 0 saturated carbocycles. The van der Waals surface area contributed by atoms with Crippen molar-refractivity contribution in [3.63, 3.8) is 0 Å². The SMILES string of the molecule is CCCNC(=O)[C@@H](Cc1ccccc1)N(Cc1ccc(Cl)cc1)C(=O)COc1ccc(C)c(C)c1. The van der Waals surface area contributed by atoms with Crippen molar-refractivity contribution >= 4 is 23.4 Å². The molecule has 0 bridgehead atoms. The molecule has 35 heavy (non-hydrogen) atoms. The van der Waals surface area contributed by atoms with Gasteiger partial charge in [-0.3, -0.25) is 9.59 Å². The first-order valence-electron chi connectivity index (χ1n) is 11.9. The summed E-state index contributed by atoms with van der Waals surface area (Å²) in [6.07, 6.45) is 1.21. The van der Waals surface area contributed by atoms with E-state index in [1.165, 1.54) is 0 Å². The average molecular weight is 493 g/mol. The topological polar surface area (TPSA) is 58.6 Å². The minimum Gasteiger partial charge on any atom is -0.484 e. The normalized spacial score (nSPS) is 11.5. The second kappa shape index (κ2) is 13.0. The minimum atomic E-state index is -0.685. The van der Waals surface area contributed by atoms with Gasteiger partial charge in [0.05, 0.1) is 0 Å². The van der Waals surface area contributed by atoms with Crippen LogP contribution in [0, 0.1) is 13.8 Å². The smallest absolute Gasteiger partial charge is 0.261 e. The predicted octanol–water partition coefficient (Wildman–Crippen LogP) is 5.50. The van der Waals surface area contributed by atoms with E-state index in [2.05, 4.69) is 5.32 Å². The zero-order valence-corrected chi connectivity index (χ0v) is 21.3. The Morgan fingerprint density at radius 2 is 1.66 bits per heavy atom. The van der Waals surface area contributed by atoms with Crippen LogP contribution < -0.4 is 10.1 Å². The lowest BCUT2D eigenvalue weighted by Gasteiger charge is -2.31. The van der Waals surface area contributed by atoms with E-state index in [1.54, 1.807) is 17.0 Å². The van der Waals surface area contributed by atoms with E-state index in [1.807, 2.05) is 81.4 Å². The highest BCUT2D eigenvalue weighted by Crippen LogP contribution is 2.19. The third-order valence-electron chi connectivity index (χ3n) is 5.93. The molecule has 5 nitrogen and oxygen atoms in total. The van der Waals surface area contributed by atoms with E-state index in [-0.39, 0.29) is 25.0 Å². The van der Waals surface area contributed by atoms with Gasteiger partial charge >= 0.3 is 0 Å². The van der Waals surface area contributed by atoms with Crippen molar-refractivity contribution in [2.75, 3.05) is 13.2 Å². The van der Waals surface area contributed by atoms with Crippen LogP contribution in [-0.4, -0.2) is 35.9 Å². The van der Waals surface area contributed by atoms with Gasteiger partial charge in [0, 0.05) is 24.5 Å². The van der Waals surface area contributed by atoms with Gasteiger partial charge < -0.3 is 15.0 Å². The van der Waals surface area contributed by atoms with Crippen molar-refractivity contribution in [3.8, 4) is 5.75 Å². The first-order valence-corrected chi connectivity index (χ1v) is 12.3. The van der Waals surface area contributed by atoms with E-state index >= 15 is 0 Å². The minimum absolute atomic E-state index is 0.164. The molecular formula is C29H33ClN2O3. The molecule has 1 N–H and O–H groups in total. The summed E-state index contributed by atoms with van der Waals surface area (Å²) >= 11 is 6.07. The number of nitrogens with zero attached hydrogens (tertiary/aromatic N) is 1. The van der Waals surface area contributed by atoms with Gasteiger partial charge in [-0.05, 0) is 66.8 Å². The van der Waals surface area contributed by atoms with Crippen molar-refractivity contribution in [3.05, 3.63) is 100 Å². The molecule has 6 heteroatoms. The van der Waals surface area contributed by atoms with Gasteiger partial charge in [0.2, 0.25) is 5.91 Å². The summed E-state index contributed by atoms with van der Waals surface area (Å²) in [5.74, 6) is 0.192. The van der Waals surface area contributed by atoms with Crippen LogP contribution in [0.15, 0.2) is 72.8 Å². The van der Waals surface area contributed by atoms with Crippen molar-refractivity contribution in [1.82, 2.24) is 10.2 Å². The second-order valence-corrected chi connectivity index (χ2v) is 9.12. The molecule has 0 aliphatic carbocycles. The predicted molar refractivity (Wildman–Crippen MR) is 141 cm³/mol. The number of aryl methyl sites for hydroxylation is 2. The first kappa shape index (κ1) is 26.3. The quantitative estimate of drug-likeness (QED) is 0.384. The third-order valence-corrected chi connectivity index (χ3v) is 6.18. The van der Waals surface area contributed by atoms with Gasteiger partial charge in [-0.25, -0.2) is 0 Å². The van der Waals surface area contributed by atoms with E-state index < -0.39 is 6.04 Å². The van der Waals surface area contributed by atoms with Gasteiger partial charge in [0.15, 0.2) is 6.61 Å². The summed E-state index contributed by atoms with van der Waals surface area (Å²) in [6, 6.07) is 22.1. The lowest BCUT2D eigenvalue weighted by Crippen LogP contribution is -2.51. The highest BCUT2D eigenvalue weighted by molar-refractivity contribution is 6.30. The maximum Gasteiger partial charge on any atom is 0.261 e. The summed E-state index contributed by atoms with van der Waals surface area (Å²) in [5, 5.41) is 3.59. The Hall–Kier alpha value is -3.31. The van der Waals surface area contributed by atoms with Crippen LogP contribution in [-0.2, 0) is 22.6 Å². The average Bonchev–Trinajstić information content (AvgIpc) is 2.87. The monoisotopic (exact) mass is 492 g/mol. The molecule has 3 rings (SSSR count). The molecule has 0 heterocycles. The molecule has 0 saturated heterocycles. The molecule has 3 aromatic carbocycles. The number of ether oxygens (including phenoxy) is 1. The van der Waals surface area contributed by atoms with Crippen molar-refractivity contribution < 1.29 is 14.3 Å². The molecule has 0 unspecified atom stereocenters. The van der Waals surface area contributed by atoms with Crippen LogP contribution in [0.2, 0.25) is 5.02 Å². The fourth-order valence-electron chi connectivity index (χ4n) is 3.74. The molecule has 184 valence electrons. The molecule has 0 aliphatic rings. The van der Waals surface area contributed by atoms with Crippen LogP contribution in [0.4, 0.5) is 0 Å². The number of carbonyl (C=O) groups is 2. The van der Waals surface area contributed by atoms with Crippen molar-refractivity contribution in [2.45, 2.75) is 46.2 Å². The van der Waals surface area contributed by atoms with Gasteiger partial charge in [0.25, 0.3) is 5.91 Å². The molecule has 0 aromatic heterocycles. The lowest BCUT2D eigenvalue weighted by molar-refractivity contribution is -0.142. The maximum atomic E-state index is 13.5. The number of hydrogen-bond acceptors (Lipinski definition) is 3. The summed E-state index contributed by atoms with van der Waals surface area (Å²) in [5.41, 5.74) is 4.11. The maximum absolute atomic E-state index is 13.5. The number of hydrogen-bond donors (Lipinski definition) is 1. The van der Waals surface area contributed by atoms with Crippen LogP contribution in [0.3, 0.4) is 0 Å². The summed E-state index contributed by atoms with van der Waals surface area (Å²) in [4.78, 5) is 28.4. The molecule has 3 aromatic rings. The van der Waals surface area contributed by atoms with Crippen LogP contribution >= 0.6 is 11.6 Å². The fourth-order valence-corrected chi connectivity index (χ4v) is 3.86. The molecule has 0 spiro atoms. The van der Waals surface area contributed by atoms with Gasteiger partial charge in [-0.2, -0.15) is 0 Å². The first-order chi connectivity index (χ1) is 16.9. The zero-order valence-electron chi connectivity index (χ0n) is 20.6. The largest absolute Gasteiger partial charge is 0.484 e. The Labute approximate surface area is 213 Å².